The summed E-state index contributed by atoms with van der Waals surface area (Å²) >= 11 is 1.16. The number of carboxylic acids is 2. The van der Waals surface area contributed by atoms with Crippen molar-refractivity contribution < 1.29 is 78.9 Å². The SMILES string of the molecule is CC(CSC[C@H](N)C(=O)[O-])C(=O)[O-].[Na+].[Na+]. The summed E-state index contributed by atoms with van der Waals surface area (Å²) in [7, 11) is 0. The quantitative estimate of drug-likeness (QED) is 0.470. The summed E-state index contributed by atoms with van der Waals surface area (Å²) in [4.78, 5) is 20.4. The first-order chi connectivity index (χ1) is 5.95. The largest absolute Gasteiger partial charge is 1.00 e. The zero-order valence-corrected chi connectivity index (χ0v) is 14.0. The second kappa shape index (κ2) is 11.7. The maximum absolute atomic E-state index is 10.2. The molecule has 0 aromatic heterocycles. The minimum absolute atomic E-state index is 0. The van der Waals surface area contributed by atoms with Crippen LogP contribution in [0.3, 0.4) is 0 Å². The van der Waals surface area contributed by atoms with E-state index >= 15 is 0 Å². The Morgan fingerprint density at radius 1 is 1.20 bits per heavy atom. The van der Waals surface area contributed by atoms with Gasteiger partial charge >= 0.3 is 59.1 Å². The van der Waals surface area contributed by atoms with Crippen molar-refractivity contribution in [1.82, 2.24) is 0 Å². The third kappa shape index (κ3) is 11.5. The Morgan fingerprint density at radius 3 is 2.00 bits per heavy atom. The van der Waals surface area contributed by atoms with Crippen molar-refractivity contribution in [3.63, 3.8) is 0 Å². The molecule has 0 aliphatic heterocycles. The average Bonchev–Trinajstić information content (AvgIpc) is 2.03. The van der Waals surface area contributed by atoms with Gasteiger partial charge in [-0.3, -0.25) is 0 Å². The van der Waals surface area contributed by atoms with Gasteiger partial charge in [0.2, 0.25) is 0 Å². The molecule has 0 bridgehead atoms. The maximum atomic E-state index is 10.2. The molecule has 1 unspecified atom stereocenters. The zero-order chi connectivity index (χ0) is 10.4. The van der Waals surface area contributed by atoms with E-state index in [2.05, 4.69) is 0 Å². The van der Waals surface area contributed by atoms with Gasteiger partial charge in [-0.1, -0.05) is 6.92 Å². The Hall–Kier alpha value is 1.25. The molecule has 8 heteroatoms. The van der Waals surface area contributed by atoms with Crippen molar-refractivity contribution in [1.29, 1.82) is 0 Å². The molecule has 0 aromatic rings. The molecule has 0 radical (unpaired) electrons. The number of nitrogens with two attached hydrogens (primary N) is 1. The number of aliphatic carboxylic acids is 2. The zero-order valence-electron chi connectivity index (χ0n) is 9.19. The molecule has 0 amide bonds. The van der Waals surface area contributed by atoms with Gasteiger partial charge in [0.15, 0.2) is 0 Å². The van der Waals surface area contributed by atoms with Crippen LogP contribution in [0, 0.1) is 5.92 Å². The van der Waals surface area contributed by atoms with Crippen LogP contribution < -0.4 is 75.1 Å². The van der Waals surface area contributed by atoms with Gasteiger partial charge in [-0.25, -0.2) is 0 Å². The summed E-state index contributed by atoms with van der Waals surface area (Å²) in [6, 6.07) is -1.04. The standard InChI is InChI=1S/C7H13NO4S.2Na/c1-4(6(9)10)2-13-3-5(8)7(11)12;;/h4-5H,2-3,8H2,1H3,(H,9,10)(H,11,12);;/q;2*+1/p-2/t4?,5-;;/m0../s1. The van der Waals surface area contributed by atoms with E-state index in [9.17, 15) is 19.8 Å². The normalized spacial score (nSPS) is 12.9. The van der Waals surface area contributed by atoms with Gasteiger partial charge in [-0.2, -0.15) is 11.8 Å². The van der Waals surface area contributed by atoms with Crippen LogP contribution in [0.25, 0.3) is 0 Å². The molecule has 0 aliphatic carbocycles. The van der Waals surface area contributed by atoms with E-state index in [1.165, 1.54) is 6.92 Å². The number of carboxylic acid groups (broad SMARTS) is 2. The van der Waals surface area contributed by atoms with Crippen LogP contribution in [0.2, 0.25) is 0 Å². The fraction of sp³-hybridized carbons (Fsp3) is 0.714. The molecule has 76 valence electrons. The summed E-state index contributed by atoms with van der Waals surface area (Å²) in [5.41, 5.74) is 5.13. The van der Waals surface area contributed by atoms with Crippen molar-refractivity contribution in [2.75, 3.05) is 11.5 Å². The van der Waals surface area contributed by atoms with Crippen molar-refractivity contribution in [2.24, 2.45) is 11.7 Å². The molecule has 5 nitrogen and oxygen atoms in total. The molecule has 0 rings (SSSR count). The smallest absolute Gasteiger partial charge is 0.550 e. The Kier molecular flexibility index (Phi) is 16.8. The second-order valence-corrected chi connectivity index (χ2v) is 3.76. The Balaban J connectivity index is -0.000000720. The molecule has 0 aliphatic rings. The van der Waals surface area contributed by atoms with Gasteiger partial charge in [-0.15, -0.1) is 0 Å². The fourth-order valence-electron chi connectivity index (χ4n) is 0.508. The summed E-state index contributed by atoms with van der Waals surface area (Å²) < 4.78 is 0. The van der Waals surface area contributed by atoms with E-state index in [1.54, 1.807) is 0 Å². The van der Waals surface area contributed by atoms with Crippen molar-refractivity contribution >= 4 is 23.7 Å². The Morgan fingerprint density at radius 2 is 1.67 bits per heavy atom. The number of hydrogen-bond donors (Lipinski definition) is 1. The van der Waals surface area contributed by atoms with E-state index in [-0.39, 0.29) is 64.9 Å². The molecule has 2 atom stereocenters. The molecule has 0 fully saturated rings. The number of hydrogen-bond acceptors (Lipinski definition) is 6. The topological polar surface area (TPSA) is 106 Å². The predicted octanol–water partition coefficient (Wildman–Crippen LogP) is -8.81. The predicted molar refractivity (Wildman–Crippen MR) is 44.5 cm³/mol. The molecule has 0 aromatic carbocycles. The number of carbonyl (C=O) groups excluding carboxylic acids is 2. The van der Waals surface area contributed by atoms with Crippen LogP contribution in [-0.2, 0) is 9.59 Å². The van der Waals surface area contributed by atoms with Crippen LogP contribution in [0.1, 0.15) is 6.92 Å². The number of thioether (sulfide) groups is 1. The van der Waals surface area contributed by atoms with Crippen LogP contribution in [0.5, 0.6) is 0 Å². The first-order valence-electron chi connectivity index (χ1n) is 3.70. The summed E-state index contributed by atoms with van der Waals surface area (Å²) in [6.45, 7) is 1.49. The Labute approximate surface area is 137 Å². The van der Waals surface area contributed by atoms with E-state index in [0.29, 0.717) is 5.75 Å². The number of rotatable bonds is 6. The molecular formula is C7H11NNa2O4S. The van der Waals surface area contributed by atoms with E-state index < -0.39 is 23.9 Å². The first-order valence-corrected chi connectivity index (χ1v) is 4.85. The molecule has 0 spiro atoms. The minimum atomic E-state index is -1.33. The van der Waals surface area contributed by atoms with Gasteiger partial charge in [0.25, 0.3) is 0 Å². The molecular weight excluding hydrogens is 240 g/mol. The van der Waals surface area contributed by atoms with Gasteiger partial charge < -0.3 is 25.5 Å². The van der Waals surface area contributed by atoms with Gasteiger partial charge in [0.05, 0.1) is 12.0 Å². The van der Waals surface area contributed by atoms with E-state index in [4.69, 9.17) is 5.73 Å². The maximum Gasteiger partial charge on any atom is 1.00 e. The first kappa shape index (κ1) is 21.5. The van der Waals surface area contributed by atoms with Crippen LogP contribution >= 0.6 is 11.8 Å². The minimum Gasteiger partial charge on any atom is -0.550 e. The van der Waals surface area contributed by atoms with Crippen LogP contribution in [0.4, 0.5) is 0 Å². The van der Waals surface area contributed by atoms with Crippen LogP contribution in [-0.4, -0.2) is 29.5 Å². The fourth-order valence-corrected chi connectivity index (χ4v) is 1.52. The van der Waals surface area contributed by atoms with E-state index in [1.807, 2.05) is 0 Å². The monoisotopic (exact) mass is 251 g/mol. The molecule has 0 saturated heterocycles. The van der Waals surface area contributed by atoms with Crippen molar-refractivity contribution in [3.05, 3.63) is 0 Å². The molecule has 15 heavy (non-hydrogen) atoms. The van der Waals surface area contributed by atoms with Gasteiger partial charge in [0.1, 0.15) is 0 Å². The molecule has 2 N–H and O–H groups in total. The van der Waals surface area contributed by atoms with Crippen molar-refractivity contribution in [3.8, 4) is 0 Å². The summed E-state index contributed by atoms with van der Waals surface area (Å²) in [6.07, 6.45) is 0. The van der Waals surface area contributed by atoms with Crippen LogP contribution in [0.15, 0.2) is 0 Å². The summed E-state index contributed by atoms with van der Waals surface area (Å²) in [5.74, 6) is -2.62. The van der Waals surface area contributed by atoms with Crippen molar-refractivity contribution in [2.45, 2.75) is 13.0 Å². The Bertz CT molecular complexity index is 185. The van der Waals surface area contributed by atoms with Gasteiger partial charge in [-0.05, 0) is 0 Å². The average molecular weight is 251 g/mol. The summed E-state index contributed by atoms with van der Waals surface area (Å²) in [5, 5.41) is 20.4. The van der Waals surface area contributed by atoms with Gasteiger partial charge in [0, 0.05) is 23.4 Å². The molecule has 0 saturated carbocycles. The van der Waals surface area contributed by atoms with E-state index in [0.717, 1.165) is 11.8 Å². The third-order valence-electron chi connectivity index (χ3n) is 1.37. The second-order valence-electron chi connectivity index (χ2n) is 2.68. The third-order valence-corrected chi connectivity index (χ3v) is 2.70. The molecule has 0 heterocycles. The number of carbonyl (C=O) groups is 2.